The van der Waals surface area contributed by atoms with Crippen LogP contribution in [-0.2, 0) is 6.42 Å². The summed E-state index contributed by atoms with van der Waals surface area (Å²) in [5.41, 5.74) is 10.2. The zero-order chi connectivity index (χ0) is 11.4. The van der Waals surface area contributed by atoms with E-state index in [1.54, 1.807) is 0 Å². The Balaban J connectivity index is 2.60. The van der Waals surface area contributed by atoms with E-state index in [2.05, 4.69) is 45.9 Å². The Kier molecular flexibility index (Phi) is 4.34. The molecule has 2 N–H and O–H groups in total. The number of nitrogens with two attached hydrogens (primary N) is 1. The van der Waals surface area contributed by atoms with E-state index in [1.165, 1.54) is 16.7 Å². The van der Waals surface area contributed by atoms with Crippen molar-refractivity contribution < 1.29 is 0 Å². The predicted octanol–water partition coefficient (Wildman–Crippen LogP) is 3.22. The summed E-state index contributed by atoms with van der Waals surface area (Å²) in [6, 6.07) is 6.94. The van der Waals surface area contributed by atoms with Crippen LogP contribution < -0.4 is 5.73 Å². The maximum absolute atomic E-state index is 6.09. The Labute approximate surface area is 93.7 Å². The van der Waals surface area contributed by atoms with Crippen molar-refractivity contribution in [2.45, 2.75) is 46.6 Å². The molecular formula is C14H23N. The minimum Gasteiger partial charge on any atom is -0.327 e. The first-order chi connectivity index (χ1) is 6.99. The van der Waals surface area contributed by atoms with Crippen LogP contribution in [0.1, 0.15) is 37.0 Å². The van der Waals surface area contributed by atoms with Crippen molar-refractivity contribution in [1.29, 1.82) is 0 Å². The van der Waals surface area contributed by atoms with Crippen molar-refractivity contribution in [3.8, 4) is 0 Å². The largest absolute Gasteiger partial charge is 0.327 e. The van der Waals surface area contributed by atoms with Crippen LogP contribution in [0.4, 0.5) is 0 Å². The van der Waals surface area contributed by atoms with Gasteiger partial charge in [0, 0.05) is 6.04 Å². The second-order valence-electron chi connectivity index (χ2n) is 5.01. The Morgan fingerprint density at radius 1 is 1.13 bits per heavy atom. The van der Waals surface area contributed by atoms with Gasteiger partial charge in [-0.1, -0.05) is 32.0 Å². The summed E-state index contributed by atoms with van der Waals surface area (Å²) in [6.45, 7) is 8.75. The van der Waals surface area contributed by atoms with Crippen LogP contribution in [0.2, 0.25) is 0 Å². The van der Waals surface area contributed by atoms with E-state index in [0.717, 1.165) is 12.8 Å². The third kappa shape index (κ3) is 4.05. The monoisotopic (exact) mass is 205 g/mol. The smallest absolute Gasteiger partial charge is 0.00817 e. The molecule has 0 aromatic heterocycles. The van der Waals surface area contributed by atoms with Gasteiger partial charge in [0.25, 0.3) is 0 Å². The zero-order valence-electron chi connectivity index (χ0n) is 10.4. The fourth-order valence-electron chi connectivity index (χ4n) is 1.92. The van der Waals surface area contributed by atoms with Gasteiger partial charge in [-0.2, -0.15) is 0 Å². The summed E-state index contributed by atoms with van der Waals surface area (Å²) in [6.07, 6.45) is 2.10. The second kappa shape index (κ2) is 5.32. The molecule has 1 nitrogen and oxygen atoms in total. The molecule has 1 atom stereocenters. The molecule has 0 amide bonds. The Hall–Kier alpha value is -0.820. The number of rotatable bonds is 4. The Bertz CT molecular complexity index is 315. The SMILES string of the molecule is Cc1ccc(CC(N)CC(C)C)cc1C. The molecular weight excluding hydrogens is 182 g/mol. The van der Waals surface area contributed by atoms with Crippen molar-refractivity contribution >= 4 is 0 Å². The molecule has 0 aliphatic heterocycles. The predicted molar refractivity (Wildman–Crippen MR) is 67.1 cm³/mol. The van der Waals surface area contributed by atoms with Crippen molar-refractivity contribution in [2.24, 2.45) is 11.7 Å². The number of aryl methyl sites for hydroxylation is 2. The molecule has 1 heteroatoms. The summed E-state index contributed by atoms with van der Waals surface area (Å²) in [5, 5.41) is 0. The van der Waals surface area contributed by atoms with Crippen LogP contribution >= 0.6 is 0 Å². The lowest BCUT2D eigenvalue weighted by atomic mass is 9.96. The third-order valence-corrected chi connectivity index (χ3v) is 2.84. The lowest BCUT2D eigenvalue weighted by molar-refractivity contribution is 0.493. The van der Waals surface area contributed by atoms with Crippen molar-refractivity contribution in [1.82, 2.24) is 0 Å². The summed E-state index contributed by atoms with van der Waals surface area (Å²) < 4.78 is 0. The first-order valence-electron chi connectivity index (χ1n) is 5.80. The summed E-state index contributed by atoms with van der Waals surface area (Å²) in [4.78, 5) is 0. The van der Waals surface area contributed by atoms with Gasteiger partial charge in [-0.25, -0.2) is 0 Å². The minimum absolute atomic E-state index is 0.298. The Morgan fingerprint density at radius 3 is 2.33 bits per heavy atom. The van der Waals surface area contributed by atoms with Gasteiger partial charge in [0.15, 0.2) is 0 Å². The van der Waals surface area contributed by atoms with Gasteiger partial charge < -0.3 is 5.73 Å². The van der Waals surface area contributed by atoms with Gasteiger partial charge in [-0.05, 0) is 49.3 Å². The van der Waals surface area contributed by atoms with Crippen molar-refractivity contribution in [2.75, 3.05) is 0 Å². The van der Waals surface area contributed by atoms with E-state index in [0.29, 0.717) is 12.0 Å². The average Bonchev–Trinajstić information content (AvgIpc) is 2.10. The van der Waals surface area contributed by atoms with E-state index in [1.807, 2.05) is 0 Å². The molecule has 0 saturated carbocycles. The first-order valence-corrected chi connectivity index (χ1v) is 5.80. The molecule has 0 bridgehead atoms. The molecule has 1 unspecified atom stereocenters. The number of hydrogen-bond donors (Lipinski definition) is 1. The summed E-state index contributed by atoms with van der Waals surface area (Å²) in [7, 11) is 0. The molecule has 0 radical (unpaired) electrons. The maximum atomic E-state index is 6.09. The molecule has 0 saturated heterocycles. The van der Waals surface area contributed by atoms with Crippen LogP contribution in [0.5, 0.6) is 0 Å². The fraction of sp³-hybridized carbons (Fsp3) is 0.571. The Morgan fingerprint density at radius 2 is 1.80 bits per heavy atom. The zero-order valence-corrected chi connectivity index (χ0v) is 10.4. The van der Waals surface area contributed by atoms with E-state index in [-0.39, 0.29) is 0 Å². The minimum atomic E-state index is 0.298. The second-order valence-corrected chi connectivity index (χ2v) is 5.01. The van der Waals surface area contributed by atoms with Crippen LogP contribution in [0.25, 0.3) is 0 Å². The molecule has 84 valence electrons. The van der Waals surface area contributed by atoms with E-state index in [9.17, 15) is 0 Å². The van der Waals surface area contributed by atoms with E-state index >= 15 is 0 Å². The lowest BCUT2D eigenvalue weighted by Gasteiger charge is -2.14. The van der Waals surface area contributed by atoms with Gasteiger partial charge in [0.05, 0.1) is 0 Å². The van der Waals surface area contributed by atoms with E-state index in [4.69, 9.17) is 5.73 Å². The molecule has 0 fully saturated rings. The molecule has 0 heterocycles. The fourth-order valence-corrected chi connectivity index (χ4v) is 1.92. The van der Waals surface area contributed by atoms with Gasteiger partial charge in [0.1, 0.15) is 0 Å². The number of hydrogen-bond acceptors (Lipinski definition) is 1. The summed E-state index contributed by atoms with van der Waals surface area (Å²) in [5.74, 6) is 0.687. The molecule has 15 heavy (non-hydrogen) atoms. The standard InChI is InChI=1S/C14H23N/c1-10(2)7-14(15)9-13-6-5-11(3)12(4)8-13/h5-6,8,10,14H,7,9,15H2,1-4H3. The molecule has 1 aromatic rings. The first kappa shape index (κ1) is 12.3. The summed E-state index contributed by atoms with van der Waals surface area (Å²) >= 11 is 0. The highest BCUT2D eigenvalue weighted by Gasteiger charge is 2.07. The van der Waals surface area contributed by atoms with E-state index < -0.39 is 0 Å². The lowest BCUT2D eigenvalue weighted by Crippen LogP contribution is -2.24. The normalized spacial score (nSPS) is 13.2. The molecule has 1 aromatic carbocycles. The molecule has 0 aliphatic carbocycles. The van der Waals surface area contributed by atoms with Gasteiger partial charge in [0.2, 0.25) is 0 Å². The average molecular weight is 205 g/mol. The molecule has 0 spiro atoms. The van der Waals surface area contributed by atoms with Crippen molar-refractivity contribution in [3.63, 3.8) is 0 Å². The highest BCUT2D eigenvalue weighted by Crippen LogP contribution is 2.13. The maximum Gasteiger partial charge on any atom is 0.00817 e. The van der Waals surface area contributed by atoms with Crippen LogP contribution in [0.3, 0.4) is 0 Å². The quantitative estimate of drug-likeness (QED) is 0.802. The van der Waals surface area contributed by atoms with Gasteiger partial charge in [-0.3, -0.25) is 0 Å². The molecule has 0 aliphatic rings. The number of benzene rings is 1. The van der Waals surface area contributed by atoms with Crippen LogP contribution in [0, 0.1) is 19.8 Å². The third-order valence-electron chi connectivity index (χ3n) is 2.84. The van der Waals surface area contributed by atoms with Crippen LogP contribution in [0.15, 0.2) is 18.2 Å². The molecule has 1 rings (SSSR count). The highest BCUT2D eigenvalue weighted by molar-refractivity contribution is 5.30. The topological polar surface area (TPSA) is 26.0 Å². The van der Waals surface area contributed by atoms with Crippen LogP contribution in [-0.4, -0.2) is 6.04 Å². The van der Waals surface area contributed by atoms with Crippen molar-refractivity contribution in [3.05, 3.63) is 34.9 Å². The highest BCUT2D eigenvalue weighted by atomic mass is 14.6. The van der Waals surface area contributed by atoms with Gasteiger partial charge in [-0.15, -0.1) is 0 Å². The van der Waals surface area contributed by atoms with Gasteiger partial charge >= 0.3 is 0 Å².